The number of carbonyl (C=O) groups is 1. The molecule has 0 spiro atoms. The smallest absolute Gasteiger partial charge is 0.257 e. The molecule has 1 amide bonds. The maximum Gasteiger partial charge on any atom is 0.257 e. The molecule has 1 heterocycles. The summed E-state index contributed by atoms with van der Waals surface area (Å²) < 4.78 is 13.7. The standard InChI is InChI=1S/C14H15FN2OS/c1-2-17(9-11-4-3-7-19-11)14(18)12-8-10(16)5-6-13(12)15/h3-8H,2,9,16H2,1H3. The van der Waals surface area contributed by atoms with Crippen LogP contribution in [0.15, 0.2) is 35.7 Å². The van der Waals surface area contributed by atoms with E-state index in [2.05, 4.69) is 0 Å². The third-order valence-corrected chi connectivity index (χ3v) is 3.68. The van der Waals surface area contributed by atoms with Crippen LogP contribution in [0.25, 0.3) is 0 Å². The molecule has 2 N–H and O–H groups in total. The van der Waals surface area contributed by atoms with Crippen LogP contribution < -0.4 is 5.73 Å². The Labute approximate surface area is 115 Å². The Morgan fingerprint density at radius 1 is 1.42 bits per heavy atom. The predicted molar refractivity (Wildman–Crippen MR) is 75.5 cm³/mol. The first-order valence-corrected chi connectivity index (χ1v) is 6.86. The summed E-state index contributed by atoms with van der Waals surface area (Å²) in [4.78, 5) is 15.0. The fourth-order valence-corrected chi connectivity index (χ4v) is 2.51. The van der Waals surface area contributed by atoms with Gasteiger partial charge in [-0.25, -0.2) is 4.39 Å². The average molecular weight is 278 g/mol. The van der Waals surface area contributed by atoms with Crippen molar-refractivity contribution in [3.8, 4) is 0 Å². The minimum absolute atomic E-state index is 0.0263. The van der Waals surface area contributed by atoms with E-state index in [9.17, 15) is 9.18 Å². The van der Waals surface area contributed by atoms with E-state index in [4.69, 9.17) is 5.73 Å². The van der Waals surface area contributed by atoms with E-state index >= 15 is 0 Å². The number of hydrogen-bond donors (Lipinski definition) is 1. The molecule has 0 unspecified atom stereocenters. The number of thiophene rings is 1. The fraction of sp³-hybridized carbons (Fsp3) is 0.214. The summed E-state index contributed by atoms with van der Waals surface area (Å²) in [5, 5.41) is 1.95. The van der Waals surface area contributed by atoms with E-state index in [0.29, 0.717) is 18.8 Å². The van der Waals surface area contributed by atoms with Crippen LogP contribution in [0.1, 0.15) is 22.2 Å². The van der Waals surface area contributed by atoms with Crippen LogP contribution in [0, 0.1) is 5.82 Å². The minimum Gasteiger partial charge on any atom is -0.399 e. The SMILES string of the molecule is CCN(Cc1cccs1)C(=O)c1cc(N)ccc1F. The molecule has 0 radical (unpaired) electrons. The Kier molecular flexibility index (Phi) is 4.16. The first-order valence-electron chi connectivity index (χ1n) is 5.98. The number of halogens is 1. The van der Waals surface area contributed by atoms with Crippen molar-refractivity contribution in [1.29, 1.82) is 0 Å². The van der Waals surface area contributed by atoms with Crippen LogP contribution >= 0.6 is 11.3 Å². The van der Waals surface area contributed by atoms with Gasteiger partial charge in [0.15, 0.2) is 0 Å². The first kappa shape index (κ1) is 13.5. The van der Waals surface area contributed by atoms with Gasteiger partial charge in [-0.1, -0.05) is 6.07 Å². The molecule has 3 nitrogen and oxygen atoms in total. The van der Waals surface area contributed by atoms with Crippen LogP contribution in [-0.4, -0.2) is 17.4 Å². The van der Waals surface area contributed by atoms with Crippen LogP contribution in [0.5, 0.6) is 0 Å². The zero-order valence-electron chi connectivity index (χ0n) is 10.6. The van der Waals surface area contributed by atoms with E-state index in [1.165, 1.54) is 18.2 Å². The molecule has 19 heavy (non-hydrogen) atoms. The number of nitrogen functional groups attached to an aromatic ring is 1. The van der Waals surface area contributed by atoms with E-state index in [-0.39, 0.29) is 11.5 Å². The van der Waals surface area contributed by atoms with Crippen LogP contribution in [0.3, 0.4) is 0 Å². The Morgan fingerprint density at radius 2 is 2.21 bits per heavy atom. The largest absolute Gasteiger partial charge is 0.399 e. The van der Waals surface area contributed by atoms with Crippen molar-refractivity contribution in [2.45, 2.75) is 13.5 Å². The fourth-order valence-electron chi connectivity index (χ4n) is 1.79. The van der Waals surface area contributed by atoms with Gasteiger partial charge in [0.1, 0.15) is 5.82 Å². The molecule has 0 aliphatic carbocycles. The molecule has 0 aliphatic heterocycles. The Balaban J connectivity index is 2.23. The summed E-state index contributed by atoms with van der Waals surface area (Å²) in [5.41, 5.74) is 6.02. The van der Waals surface area contributed by atoms with Gasteiger partial charge in [0.05, 0.1) is 12.1 Å². The van der Waals surface area contributed by atoms with Gasteiger partial charge in [0, 0.05) is 17.1 Å². The second-order valence-corrected chi connectivity index (χ2v) is 5.17. The number of amides is 1. The van der Waals surface area contributed by atoms with Crippen molar-refractivity contribution in [3.05, 3.63) is 52.0 Å². The second kappa shape index (κ2) is 5.84. The third kappa shape index (κ3) is 3.12. The van der Waals surface area contributed by atoms with Gasteiger partial charge >= 0.3 is 0 Å². The number of nitrogens with zero attached hydrogens (tertiary/aromatic N) is 1. The molecular formula is C14H15FN2OS. The molecule has 0 saturated carbocycles. The number of benzene rings is 1. The van der Waals surface area contributed by atoms with Crippen molar-refractivity contribution >= 4 is 22.9 Å². The molecule has 0 saturated heterocycles. The Hall–Kier alpha value is -1.88. The number of carbonyl (C=O) groups excluding carboxylic acids is 1. The third-order valence-electron chi connectivity index (χ3n) is 2.82. The predicted octanol–water partition coefficient (Wildman–Crippen LogP) is 3.13. The van der Waals surface area contributed by atoms with Crippen molar-refractivity contribution in [3.63, 3.8) is 0 Å². The van der Waals surface area contributed by atoms with Gasteiger partial charge in [0.25, 0.3) is 5.91 Å². The highest BCUT2D eigenvalue weighted by molar-refractivity contribution is 7.09. The zero-order valence-corrected chi connectivity index (χ0v) is 11.4. The maximum atomic E-state index is 13.7. The molecule has 2 aromatic rings. The Morgan fingerprint density at radius 3 is 2.84 bits per heavy atom. The summed E-state index contributed by atoms with van der Waals surface area (Å²) in [6, 6.07) is 7.94. The molecule has 0 atom stereocenters. The van der Waals surface area contributed by atoms with Crippen molar-refractivity contribution in [1.82, 2.24) is 4.90 Å². The summed E-state index contributed by atoms with van der Waals surface area (Å²) in [6.07, 6.45) is 0. The maximum absolute atomic E-state index is 13.7. The van der Waals surface area contributed by atoms with Gasteiger partial charge in [-0.2, -0.15) is 0 Å². The molecular weight excluding hydrogens is 263 g/mol. The number of rotatable bonds is 4. The van der Waals surface area contributed by atoms with Gasteiger partial charge in [-0.05, 0) is 36.6 Å². The normalized spacial score (nSPS) is 10.4. The summed E-state index contributed by atoms with van der Waals surface area (Å²) in [7, 11) is 0. The van der Waals surface area contributed by atoms with Crippen LogP contribution in [-0.2, 0) is 6.54 Å². The average Bonchev–Trinajstić information content (AvgIpc) is 2.91. The lowest BCUT2D eigenvalue weighted by atomic mass is 10.1. The van der Waals surface area contributed by atoms with E-state index < -0.39 is 5.82 Å². The lowest BCUT2D eigenvalue weighted by molar-refractivity contribution is 0.0749. The molecule has 5 heteroatoms. The summed E-state index contributed by atoms with van der Waals surface area (Å²) >= 11 is 1.57. The van der Waals surface area contributed by atoms with E-state index in [1.807, 2.05) is 24.4 Å². The molecule has 100 valence electrons. The highest BCUT2D eigenvalue weighted by Gasteiger charge is 2.18. The highest BCUT2D eigenvalue weighted by Crippen LogP contribution is 2.17. The number of anilines is 1. The minimum atomic E-state index is -0.538. The van der Waals surface area contributed by atoms with E-state index in [1.54, 1.807) is 16.2 Å². The molecule has 1 aromatic heterocycles. The van der Waals surface area contributed by atoms with E-state index in [0.717, 1.165) is 4.88 Å². The molecule has 0 fully saturated rings. The van der Waals surface area contributed by atoms with Gasteiger partial charge in [-0.3, -0.25) is 4.79 Å². The zero-order chi connectivity index (χ0) is 13.8. The highest BCUT2D eigenvalue weighted by atomic mass is 32.1. The van der Waals surface area contributed by atoms with Crippen LogP contribution in [0.2, 0.25) is 0 Å². The second-order valence-electron chi connectivity index (χ2n) is 4.14. The number of hydrogen-bond acceptors (Lipinski definition) is 3. The van der Waals surface area contributed by atoms with Crippen molar-refractivity contribution in [2.75, 3.05) is 12.3 Å². The summed E-state index contributed by atoms with van der Waals surface area (Å²) in [6.45, 7) is 2.88. The molecule has 0 bridgehead atoms. The molecule has 0 aliphatic rings. The topological polar surface area (TPSA) is 46.3 Å². The van der Waals surface area contributed by atoms with Gasteiger partial charge in [0.2, 0.25) is 0 Å². The lowest BCUT2D eigenvalue weighted by Crippen LogP contribution is -2.30. The van der Waals surface area contributed by atoms with Crippen LogP contribution in [0.4, 0.5) is 10.1 Å². The monoisotopic (exact) mass is 278 g/mol. The van der Waals surface area contributed by atoms with Gasteiger partial charge in [-0.15, -0.1) is 11.3 Å². The lowest BCUT2D eigenvalue weighted by Gasteiger charge is -2.20. The molecule has 2 rings (SSSR count). The summed E-state index contributed by atoms with van der Waals surface area (Å²) in [5.74, 6) is -0.871. The Bertz CT molecular complexity index is 569. The number of nitrogens with two attached hydrogens (primary N) is 1. The van der Waals surface area contributed by atoms with Crippen molar-refractivity contribution < 1.29 is 9.18 Å². The van der Waals surface area contributed by atoms with Gasteiger partial charge < -0.3 is 10.6 Å². The first-order chi connectivity index (χ1) is 9.11. The molecule has 1 aromatic carbocycles. The van der Waals surface area contributed by atoms with Crippen molar-refractivity contribution in [2.24, 2.45) is 0 Å². The quantitative estimate of drug-likeness (QED) is 0.873.